The topological polar surface area (TPSA) is 104 Å². The smallest absolute Gasteiger partial charge is 0.323 e. The Morgan fingerprint density at radius 1 is 1.03 bits per heavy atom. The van der Waals surface area contributed by atoms with Gasteiger partial charge in [0.25, 0.3) is 5.69 Å². The molecule has 0 bridgehead atoms. The van der Waals surface area contributed by atoms with Crippen LogP contribution in [0.15, 0.2) is 60.9 Å². The summed E-state index contributed by atoms with van der Waals surface area (Å²) >= 11 is 5.89. The van der Waals surface area contributed by atoms with Crippen LogP contribution in [0.5, 0.6) is 0 Å². The van der Waals surface area contributed by atoms with Crippen LogP contribution < -0.4 is 10.2 Å². The van der Waals surface area contributed by atoms with Crippen LogP contribution in [-0.4, -0.2) is 52.0 Å². The normalized spacial score (nSPS) is 13.7. The zero-order valence-electron chi connectivity index (χ0n) is 16.4. The monoisotopic (exact) mass is 438 g/mol. The van der Waals surface area contributed by atoms with Crippen molar-refractivity contribution < 1.29 is 9.72 Å². The molecule has 0 spiro atoms. The van der Waals surface area contributed by atoms with Gasteiger partial charge in [-0.1, -0.05) is 41.9 Å². The summed E-state index contributed by atoms with van der Waals surface area (Å²) < 4.78 is 0. The predicted molar refractivity (Wildman–Crippen MR) is 118 cm³/mol. The lowest BCUT2D eigenvalue weighted by molar-refractivity contribution is -0.384. The van der Waals surface area contributed by atoms with E-state index in [-0.39, 0.29) is 11.7 Å². The summed E-state index contributed by atoms with van der Waals surface area (Å²) in [6, 6.07) is 14.0. The molecule has 4 rings (SSSR count). The number of carbonyl (C=O) groups is 1. The molecule has 0 saturated carbocycles. The number of halogens is 1. The minimum atomic E-state index is -0.446. The largest absolute Gasteiger partial charge is 0.362 e. The van der Waals surface area contributed by atoms with E-state index in [0.717, 1.165) is 11.3 Å². The van der Waals surface area contributed by atoms with Crippen molar-refractivity contribution in [3.8, 4) is 11.3 Å². The highest BCUT2D eigenvalue weighted by Crippen LogP contribution is 2.31. The number of rotatable bonds is 4. The fraction of sp³-hybridized carbons (Fsp3) is 0.190. The molecule has 9 nitrogen and oxygen atoms in total. The molecule has 1 aliphatic rings. The third kappa shape index (κ3) is 4.72. The van der Waals surface area contributed by atoms with Crippen LogP contribution in [0.25, 0.3) is 11.3 Å². The number of carbonyl (C=O) groups excluding carboxylic acids is 1. The van der Waals surface area contributed by atoms with Crippen molar-refractivity contribution in [1.29, 1.82) is 0 Å². The third-order valence-electron chi connectivity index (χ3n) is 5.00. The van der Waals surface area contributed by atoms with E-state index in [2.05, 4.69) is 15.3 Å². The summed E-state index contributed by atoms with van der Waals surface area (Å²) in [6.07, 6.45) is 3.14. The van der Waals surface area contributed by atoms with Gasteiger partial charge in [-0.15, -0.1) is 0 Å². The van der Waals surface area contributed by atoms with Crippen LogP contribution in [0.3, 0.4) is 0 Å². The molecule has 31 heavy (non-hydrogen) atoms. The van der Waals surface area contributed by atoms with Crippen molar-refractivity contribution in [3.63, 3.8) is 0 Å². The number of anilines is 2. The number of hydrogen-bond donors (Lipinski definition) is 1. The predicted octanol–water partition coefficient (Wildman–Crippen LogP) is 4.06. The second-order valence-electron chi connectivity index (χ2n) is 6.95. The fourth-order valence-corrected chi connectivity index (χ4v) is 3.57. The van der Waals surface area contributed by atoms with Crippen molar-refractivity contribution >= 4 is 34.8 Å². The SMILES string of the molecule is O=C(Nc1cnc(-c2ccccc2)cn1)N1CCN(c2ccc(Cl)cc2[N+](=O)[O-])CC1. The fourth-order valence-electron chi connectivity index (χ4n) is 3.40. The highest BCUT2D eigenvalue weighted by atomic mass is 35.5. The van der Waals surface area contributed by atoms with Gasteiger partial charge in [-0.25, -0.2) is 9.78 Å². The summed E-state index contributed by atoms with van der Waals surface area (Å²) in [5, 5.41) is 14.4. The lowest BCUT2D eigenvalue weighted by atomic mass is 10.2. The maximum atomic E-state index is 12.6. The molecule has 3 aromatic rings. The molecule has 1 fully saturated rings. The second-order valence-corrected chi connectivity index (χ2v) is 7.38. The van der Waals surface area contributed by atoms with Gasteiger partial charge in [-0.3, -0.25) is 20.4 Å². The summed E-state index contributed by atoms with van der Waals surface area (Å²) in [4.78, 5) is 35.6. The molecule has 2 amide bonds. The number of nitro groups is 1. The van der Waals surface area contributed by atoms with Gasteiger partial charge in [-0.05, 0) is 12.1 Å². The Morgan fingerprint density at radius 2 is 1.77 bits per heavy atom. The van der Waals surface area contributed by atoms with Crippen LogP contribution in [0.1, 0.15) is 0 Å². The highest BCUT2D eigenvalue weighted by Gasteiger charge is 2.26. The average Bonchev–Trinajstić information content (AvgIpc) is 2.80. The van der Waals surface area contributed by atoms with E-state index in [1.807, 2.05) is 35.2 Å². The van der Waals surface area contributed by atoms with Crippen molar-refractivity contribution in [3.05, 3.63) is 76.1 Å². The first-order valence-electron chi connectivity index (χ1n) is 9.63. The Balaban J connectivity index is 1.36. The number of amides is 2. The molecule has 1 aliphatic heterocycles. The van der Waals surface area contributed by atoms with Gasteiger partial charge < -0.3 is 9.80 Å². The Bertz CT molecular complexity index is 1090. The van der Waals surface area contributed by atoms with E-state index >= 15 is 0 Å². The number of aromatic nitrogens is 2. The molecule has 1 aromatic heterocycles. The minimum Gasteiger partial charge on any atom is -0.362 e. The van der Waals surface area contributed by atoms with Gasteiger partial charge in [0.15, 0.2) is 5.82 Å². The zero-order chi connectivity index (χ0) is 21.8. The molecule has 0 atom stereocenters. The van der Waals surface area contributed by atoms with Crippen LogP contribution in [0.2, 0.25) is 5.02 Å². The summed E-state index contributed by atoms with van der Waals surface area (Å²) in [5.41, 5.74) is 2.12. The van der Waals surface area contributed by atoms with E-state index in [4.69, 9.17) is 11.6 Å². The summed E-state index contributed by atoms with van der Waals surface area (Å²) in [6.45, 7) is 1.77. The van der Waals surface area contributed by atoms with Crippen molar-refractivity contribution in [2.75, 3.05) is 36.4 Å². The molecule has 2 aromatic carbocycles. The Hall–Kier alpha value is -3.72. The molecule has 10 heteroatoms. The summed E-state index contributed by atoms with van der Waals surface area (Å²) in [7, 11) is 0. The molecule has 0 radical (unpaired) electrons. The van der Waals surface area contributed by atoms with E-state index in [1.54, 1.807) is 23.2 Å². The van der Waals surface area contributed by atoms with Gasteiger partial charge in [0.1, 0.15) is 5.69 Å². The molecule has 1 N–H and O–H groups in total. The molecular formula is C21H19ClN6O3. The van der Waals surface area contributed by atoms with E-state index < -0.39 is 4.92 Å². The number of piperazine rings is 1. The minimum absolute atomic E-state index is 0.0424. The van der Waals surface area contributed by atoms with Gasteiger partial charge in [-0.2, -0.15) is 0 Å². The Morgan fingerprint density at radius 3 is 2.42 bits per heavy atom. The number of nitrogens with one attached hydrogen (secondary N) is 1. The third-order valence-corrected chi connectivity index (χ3v) is 5.23. The van der Waals surface area contributed by atoms with Gasteiger partial charge >= 0.3 is 6.03 Å². The van der Waals surface area contributed by atoms with E-state index in [0.29, 0.717) is 42.7 Å². The standard InChI is InChI=1S/C21H19ClN6O3/c22-16-6-7-18(19(12-16)28(30)31)26-8-10-27(11-9-26)21(29)25-20-14-23-17(13-24-20)15-4-2-1-3-5-15/h1-7,12-14H,8-11H2,(H,24,25,29). The van der Waals surface area contributed by atoms with Crippen LogP contribution in [0.4, 0.5) is 22.0 Å². The highest BCUT2D eigenvalue weighted by molar-refractivity contribution is 6.30. The molecule has 1 saturated heterocycles. The number of benzene rings is 2. The van der Waals surface area contributed by atoms with Crippen molar-refractivity contribution in [1.82, 2.24) is 14.9 Å². The van der Waals surface area contributed by atoms with Crippen LogP contribution >= 0.6 is 11.6 Å². The van der Waals surface area contributed by atoms with Gasteiger partial charge in [0.2, 0.25) is 0 Å². The number of hydrogen-bond acceptors (Lipinski definition) is 6. The summed E-state index contributed by atoms with van der Waals surface area (Å²) in [5.74, 6) is 0.362. The van der Waals surface area contributed by atoms with Crippen LogP contribution in [0, 0.1) is 10.1 Å². The maximum Gasteiger partial charge on any atom is 0.323 e. The number of urea groups is 1. The zero-order valence-corrected chi connectivity index (χ0v) is 17.2. The Labute approximate surface area is 183 Å². The van der Waals surface area contributed by atoms with Crippen molar-refractivity contribution in [2.45, 2.75) is 0 Å². The molecule has 2 heterocycles. The van der Waals surface area contributed by atoms with Crippen LogP contribution in [-0.2, 0) is 0 Å². The molecule has 0 unspecified atom stereocenters. The first kappa shape index (κ1) is 20.5. The van der Waals surface area contributed by atoms with Crippen molar-refractivity contribution in [2.24, 2.45) is 0 Å². The lowest BCUT2D eigenvalue weighted by Gasteiger charge is -2.35. The molecule has 0 aliphatic carbocycles. The molecule has 158 valence electrons. The van der Waals surface area contributed by atoms with Gasteiger partial charge in [0.05, 0.1) is 23.0 Å². The average molecular weight is 439 g/mol. The number of nitro benzene ring substituents is 1. The number of nitrogens with zero attached hydrogens (tertiary/aromatic N) is 5. The quantitative estimate of drug-likeness (QED) is 0.486. The molecular weight excluding hydrogens is 420 g/mol. The van der Waals surface area contributed by atoms with Gasteiger partial charge in [0, 0.05) is 42.8 Å². The second kappa shape index (κ2) is 8.97. The maximum absolute atomic E-state index is 12.6. The van der Waals surface area contributed by atoms with E-state index in [9.17, 15) is 14.9 Å². The lowest BCUT2D eigenvalue weighted by Crippen LogP contribution is -2.50. The first-order valence-corrected chi connectivity index (χ1v) is 10.0. The Kier molecular flexibility index (Phi) is 5.94. The van der Waals surface area contributed by atoms with E-state index in [1.165, 1.54) is 12.3 Å². The first-order chi connectivity index (χ1) is 15.0.